The first-order chi connectivity index (χ1) is 27.9. The topological polar surface area (TPSA) is 175 Å². The lowest BCUT2D eigenvalue weighted by molar-refractivity contribution is -0.302. The van der Waals surface area contributed by atoms with Crippen LogP contribution in [0.25, 0.3) is 0 Å². The maximum absolute atomic E-state index is 15.6. The lowest BCUT2D eigenvalue weighted by Crippen LogP contribution is -2.75. The van der Waals surface area contributed by atoms with E-state index in [1.807, 2.05) is 13.8 Å². The van der Waals surface area contributed by atoms with Gasteiger partial charge in [-0.25, -0.2) is 9.59 Å². The second-order valence-corrected chi connectivity index (χ2v) is 17.7. The van der Waals surface area contributed by atoms with E-state index in [0.29, 0.717) is 22.3 Å². The zero-order valence-electron chi connectivity index (χ0n) is 34.5. The second kappa shape index (κ2) is 15.5. The summed E-state index contributed by atoms with van der Waals surface area (Å²) in [6, 6.07) is 24.2. The van der Waals surface area contributed by atoms with Gasteiger partial charge < -0.3 is 34.5 Å². The van der Waals surface area contributed by atoms with Crippen LogP contribution in [0.2, 0.25) is 0 Å². The minimum absolute atomic E-state index is 0.148. The van der Waals surface area contributed by atoms with E-state index in [-0.39, 0.29) is 25.0 Å². The average Bonchev–Trinajstić information content (AvgIpc) is 3.21. The van der Waals surface area contributed by atoms with Gasteiger partial charge in [-0.2, -0.15) is 0 Å². The summed E-state index contributed by atoms with van der Waals surface area (Å²) >= 11 is 0. The van der Waals surface area contributed by atoms with Crippen molar-refractivity contribution < 1.29 is 53.1 Å². The normalized spacial score (nSPS) is 33.0. The molecule has 0 aromatic heterocycles. The van der Waals surface area contributed by atoms with Crippen molar-refractivity contribution in [2.45, 2.75) is 103 Å². The number of carbonyl (C=O) groups excluding carboxylic acids is 5. The van der Waals surface area contributed by atoms with E-state index < -0.39 is 99.8 Å². The number of Topliss-reactive ketones (excluding diaryl/α,β-unsaturated/α-hetero) is 1. The Kier molecular flexibility index (Phi) is 11.0. The van der Waals surface area contributed by atoms with Gasteiger partial charge in [-0.05, 0) is 66.7 Å². The summed E-state index contributed by atoms with van der Waals surface area (Å²) < 4.78 is 24.5. The summed E-state index contributed by atoms with van der Waals surface area (Å²) in [5.41, 5.74) is -3.46. The van der Waals surface area contributed by atoms with Gasteiger partial charge in [0.15, 0.2) is 18.0 Å². The summed E-state index contributed by atoms with van der Waals surface area (Å²) in [7, 11) is 0. The maximum Gasteiger partial charge on any atom is 0.338 e. The largest absolute Gasteiger partial charge is 0.458 e. The van der Waals surface area contributed by atoms with Crippen LogP contribution in [0, 0.1) is 28.1 Å². The molecule has 0 spiro atoms. The van der Waals surface area contributed by atoms with Crippen LogP contribution in [0.15, 0.2) is 102 Å². The highest BCUT2D eigenvalue weighted by atomic mass is 16.6. The Balaban J connectivity index is 1.30. The summed E-state index contributed by atoms with van der Waals surface area (Å²) in [5, 5.41) is 27.9. The molecular formula is C47H53NO11. The van der Waals surface area contributed by atoms with Crippen molar-refractivity contribution in [2.75, 3.05) is 6.61 Å². The number of benzene rings is 3. The molecule has 3 aliphatic carbocycles. The molecule has 2 saturated carbocycles. The number of carbonyl (C=O) groups is 5. The Morgan fingerprint density at radius 1 is 0.847 bits per heavy atom. The minimum Gasteiger partial charge on any atom is -0.458 e. The van der Waals surface area contributed by atoms with Crippen molar-refractivity contribution in [1.29, 1.82) is 0 Å². The van der Waals surface area contributed by atoms with Crippen molar-refractivity contribution in [3.8, 4) is 0 Å². The van der Waals surface area contributed by atoms with Crippen LogP contribution < -0.4 is 5.32 Å². The van der Waals surface area contributed by atoms with E-state index in [0.717, 1.165) is 0 Å². The van der Waals surface area contributed by atoms with Crippen LogP contribution in [0.5, 0.6) is 0 Å². The number of aliphatic hydroxyl groups excluding tert-OH is 1. The van der Waals surface area contributed by atoms with E-state index in [2.05, 4.69) is 5.32 Å². The predicted octanol–water partition coefficient (Wildman–Crippen LogP) is 5.72. The third-order valence-electron chi connectivity index (χ3n) is 14.1. The van der Waals surface area contributed by atoms with Gasteiger partial charge >= 0.3 is 17.9 Å². The lowest BCUT2D eigenvalue weighted by atomic mass is 9.40. The standard InChI is InChI=1S/C47H53NO11/c1-26-32(58-43(54)37(50)36(29-17-11-8-12-18-29)48-41(52)30-19-13-9-14-20-30)24-47(55)27(2)39-45(6)25-56-33(45)23-34(59-42(53)31-21-15-10-16-22-31)46(39,7)40(51)38(57-28(3)49)35(26)44(47,4)5/h8-22,27,32-34,36-39,50,55H,23-25H2,1-7H3,(H,48,52)/t27?,32-,33+,34-,36-,37+,38+,39?,45+,46+,47+/m0/s1. The van der Waals surface area contributed by atoms with Crippen LogP contribution in [0.1, 0.15) is 93.6 Å². The van der Waals surface area contributed by atoms with E-state index >= 15 is 4.79 Å². The van der Waals surface area contributed by atoms with Crippen LogP contribution >= 0.6 is 0 Å². The smallest absolute Gasteiger partial charge is 0.338 e. The molecule has 11 atom stereocenters. The number of ketones is 1. The highest BCUT2D eigenvalue weighted by molar-refractivity contribution is 5.96. The predicted molar refractivity (Wildman–Crippen MR) is 214 cm³/mol. The number of hydrogen-bond donors (Lipinski definition) is 3. The molecule has 2 bridgehead atoms. The number of aliphatic hydroxyl groups is 2. The Morgan fingerprint density at radius 2 is 1.42 bits per heavy atom. The van der Waals surface area contributed by atoms with Gasteiger partial charge in [0.25, 0.3) is 5.91 Å². The molecule has 59 heavy (non-hydrogen) atoms. The zero-order valence-corrected chi connectivity index (χ0v) is 34.5. The fraction of sp³-hybridized carbons (Fsp3) is 0.468. The van der Waals surface area contributed by atoms with Gasteiger partial charge in [-0.1, -0.05) is 94.4 Å². The zero-order chi connectivity index (χ0) is 42.7. The molecule has 7 rings (SSSR count). The molecule has 3 fully saturated rings. The molecule has 312 valence electrons. The highest BCUT2D eigenvalue weighted by Crippen LogP contribution is 2.67. The van der Waals surface area contributed by atoms with E-state index in [1.54, 1.807) is 119 Å². The van der Waals surface area contributed by atoms with Crippen LogP contribution in [0.4, 0.5) is 0 Å². The summed E-state index contributed by atoms with van der Waals surface area (Å²) in [5.74, 6) is -4.90. The SMILES string of the molecule is CC(=O)O[C@H]1C(=O)[C@@]2(C)C(C(C)[C@]3(O)C[C@H](OC(=O)[C@H](O)[C@@H](NC(=O)c4ccccc4)c4ccccc4)C(C)=C1C3(C)C)[C@]1(C)CO[C@@H]1C[C@@H]2OC(=O)c1ccccc1. The molecule has 12 nitrogen and oxygen atoms in total. The molecule has 1 saturated heterocycles. The third kappa shape index (κ3) is 6.88. The molecule has 3 aromatic rings. The number of hydrogen-bond acceptors (Lipinski definition) is 11. The van der Waals surface area contributed by atoms with Crippen molar-refractivity contribution >= 4 is 29.6 Å². The number of fused-ring (bicyclic) bond motifs is 5. The molecule has 3 aromatic carbocycles. The number of amides is 1. The van der Waals surface area contributed by atoms with E-state index in [9.17, 15) is 29.4 Å². The van der Waals surface area contributed by atoms with Crippen LogP contribution in [0.3, 0.4) is 0 Å². The molecule has 1 aliphatic heterocycles. The molecule has 0 radical (unpaired) electrons. The quantitative estimate of drug-likeness (QED) is 0.137. The van der Waals surface area contributed by atoms with Gasteiger partial charge in [0.2, 0.25) is 0 Å². The fourth-order valence-electron chi connectivity index (χ4n) is 10.9. The highest BCUT2D eigenvalue weighted by Gasteiger charge is 2.74. The summed E-state index contributed by atoms with van der Waals surface area (Å²) in [6.45, 7) is 12.3. The van der Waals surface area contributed by atoms with Crippen molar-refractivity contribution in [1.82, 2.24) is 5.32 Å². The third-order valence-corrected chi connectivity index (χ3v) is 14.1. The molecule has 3 N–H and O–H groups in total. The van der Waals surface area contributed by atoms with E-state index in [4.69, 9.17) is 18.9 Å². The van der Waals surface area contributed by atoms with Gasteiger partial charge in [-0.3, -0.25) is 14.4 Å². The van der Waals surface area contributed by atoms with Gasteiger partial charge in [-0.15, -0.1) is 0 Å². The van der Waals surface area contributed by atoms with Gasteiger partial charge in [0.1, 0.15) is 12.2 Å². The average molecular weight is 808 g/mol. The molecule has 4 aliphatic rings. The molecule has 2 unspecified atom stereocenters. The number of esters is 3. The number of rotatable bonds is 9. The first kappa shape index (κ1) is 42.0. The molecule has 1 amide bonds. The van der Waals surface area contributed by atoms with Crippen molar-refractivity contribution in [2.24, 2.45) is 28.1 Å². The lowest BCUT2D eigenvalue weighted by Gasteiger charge is -2.68. The minimum atomic E-state index is -1.89. The monoisotopic (exact) mass is 807 g/mol. The maximum atomic E-state index is 15.6. The van der Waals surface area contributed by atoms with Crippen LogP contribution in [-0.2, 0) is 33.3 Å². The fourth-order valence-corrected chi connectivity index (χ4v) is 10.9. The first-order valence-electron chi connectivity index (χ1n) is 20.2. The molecule has 1 heterocycles. The second-order valence-electron chi connectivity index (χ2n) is 17.7. The summed E-state index contributed by atoms with van der Waals surface area (Å²) in [6.07, 6.45) is -6.05. The Hall–Kier alpha value is -5.17. The van der Waals surface area contributed by atoms with Gasteiger partial charge in [0.05, 0.1) is 35.3 Å². The summed E-state index contributed by atoms with van der Waals surface area (Å²) in [4.78, 5) is 69.9. The van der Waals surface area contributed by atoms with Crippen LogP contribution in [-0.4, -0.2) is 82.5 Å². The Labute approximate surface area is 344 Å². The van der Waals surface area contributed by atoms with Gasteiger partial charge in [0, 0.05) is 36.2 Å². The van der Waals surface area contributed by atoms with E-state index in [1.165, 1.54) is 6.92 Å². The van der Waals surface area contributed by atoms with Crippen molar-refractivity contribution in [3.05, 3.63) is 119 Å². The molecule has 12 heteroatoms. The first-order valence-corrected chi connectivity index (χ1v) is 20.2. The molecular weight excluding hydrogens is 755 g/mol. The number of nitrogens with one attached hydrogen (secondary N) is 1. The number of ether oxygens (including phenoxy) is 4. The Bertz CT molecular complexity index is 2160. The van der Waals surface area contributed by atoms with Crippen molar-refractivity contribution in [3.63, 3.8) is 0 Å². The Morgan fingerprint density at radius 3 is 1.98 bits per heavy atom.